The van der Waals surface area contributed by atoms with Gasteiger partial charge in [0.25, 0.3) is 0 Å². The van der Waals surface area contributed by atoms with Crippen molar-refractivity contribution in [2.45, 2.75) is 12.8 Å². The van der Waals surface area contributed by atoms with Crippen LogP contribution in [0.3, 0.4) is 0 Å². The number of allylic oxidation sites excluding steroid dienone is 1. The summed E-state index contributed by atoms with van der Waals surface area (Å²) >= 11 is 1.66. The first-order chi connectivity index (χ1) is 9.86. The van der Waals surface area contributed by atoms with Crippen molar-refractivity contribution >= 4 is 45.5 Å². The molecule has 1 saturated carbocycles. The first-order valence-corrected chi connectivity index (χ1v) is 7.44. The van der Waals surface area contributed by atoms with Gasteiger partial charge in [-0.3, -0.25) is 4.99 Å². The van der Waals surface area contributed by atoms with Crippen LogP contribution in [0.1, 0.15) is 17.8 Å². The van der Waals surface area contributed by atoms with Crippen LogP contribution >= 0.6 is 11.3 Å². The third kappa shape index (κ3) is 1.30. The highest BCUT2D eigenvalue weighted by Crippen LogP contribution is 2.51. The number of fused-ring (bicyclic) bond motifs is 3. The van der Waals surface area contributed by atoms with Crippen molar-refractivity contribution in [2.75, 3.05) is 0 Å². The van der Waals surface area contributed by atoms with Gasteiger partial charge in [-0.1, -0.05) is 12.1 Å². The Morgan fingerprint density at radius 1 is 1.05 bits per heavy atom. The van der Waals surface area contributed by atoms with Gasteiger partial charge in [0.05, 0.1) is 21.3 Å². The van der Waals surface area contributed by atoms with Crippen molar-refractivity contribution in [1.82, 2.24) is 4.98 Å². The fourth-order valence-corrected chi connectivity index (χ4v) is 3.71. The number of hydrogen-bond donors (Lipinski definition) is 0. The molecule has 5 rings (SSSR count). The Morgan fingerprint density at radius 2 is 1.95 bits per heavy atom. The quantitative estimate of drug-likeness (QED) is 0.789. The van der Waals surface area contributed by atoms with Crippen molar-refractivity contribution in [3.63, 3.8) is 0 Å². The van der Waals surface area contributed by atoms with Gasteiger partial charge in [-0.05, 0) is 25.0 Å². The molecular formula is C15H10N4S. The topological polar surface area (TPSA) is 50.0 Å². The summed E-state index contributed by atoms with van der Waals surface area (Å²) in [6, 6.07) is 8.16. The van der Waals surface area contributed by atoms with Gasteiger partial charge in [0.2, 0.25) is 0 Å². The highest BCUT2D eigenvalue weighted by atomic mass is 32.1. The molecule has 1 spiro atoms. The van der Waals surface area contributed by atoms with Crippen molar-refractivity contribution in [3.05, 3.63) is 35.0 Å². The fraction of sp³-hybridized carbons (Fsp3) is 0.200. The Morgan fingerprint density at radius 3 is 2.80 bits per heavy atom. The number of para-hydroxylation sites is 1. The molecule has 5 heteroatoms. The molecule has 0 atom stereocenters. The Bertz CT molecular complexity index is 832. The van der Waals surface area contributed by atoms with Gasteiger partial charge in [0.15, 0.2) is 0 Å². The van der Waals surface area contributed by atoms with Crippen molar-refractivity contribution in [2.24, 2.45) is 20.4 Å². The Labute approximate surface area is 119 Å². The molecule has 1 aromatic carbocycles. The lowest BCUT2D eigenvalue weighted by atomic mass is 9.96. The number of rotatable bonds is 1. The van der Waals surface area contributed by atoms with Gasteiger partial charge >= 0.3 is 0 Å². The molecule has 1 fully saturated rings. The fourth-order valence-electron chi connectivity index (χ4n) is 2.75. The van der Waals surface area contributed by atoms with Crippen LogP contribution in [0.2, 0.25) is 0 Å². The van der Waals surface area contributed by atoms with E-state index in [0.29, 0.717) is 0 Å². The summed E-state index contributed by atoms with van der Waals surface area (Å²) in [4.78, 5) is 18.2. The number of hydrogen-bond acceptors (Lipinski definition) is 5. The van der Waals surface area contributed by atoms with Gasteiger partial charge in [-0.2, -0.15) is 0 Å². The van der Waals surface area contributed by atoms with Crippen LogP contribution in [0.25, 0.3) is 15.9 Å². The monoisotopic (exact) mass is 278 g/mol. The van der Waals surface area contributed by atoms with Gasteiger partial charge in [-0.15, -0.1) is 11.3 Å². The van der Waals surface area contributed by atoms with E-state index in [9.17, 15) is 0 Å². The highest BCUT2D eigenvalue weighted by Gasteiger charge is 2.50. The smallest absolute Gasteiger partial charge is 0.145 e. The van der Waals surface area contributed by atoms with E-state index in [2.05, 4.69) is 26.0 Å². The second kappa shape index (κ2) is 3.49. The Kier molecular flexibility index (Phi) is 1.85. The molecular weight excluding hydrogens is 268 g/mol. The van der Waals surface area contributed by atoms with E-state index in [1.807, 2.05) is 24.4 Å². The maximum atomic E-state index is 4.68. The maximum Gasteiger partial charge on any atom is 0.145 e. The molecule has 1 aliphatic carbocycles. The average Bonchev–Trinajstić information content (AvgIpc) is 2.92. The highest BCUT2D eigenvalue weighted by molar-refractivity contribution is 7.19. The van der Waals surface area contributed by atoms with Gasteiger partial charge < -0.3 is 0 Å². The van der Waals surface area contributed by atoms with E-state index in [0.717, 1.165) is 40.5 Å². The molecule has 0 saturated heterocycles. The third-order valence-corrected chi connectivity index (χ3v) is 5.06. The predicted molar refractivity (Wildman–Crippen MR) is 82.6 cm³/mol. The molecule has 2 aliphatic heterocycles. The zero-order chi connectivity index (χ0) is 13.2. The lowest BCUT2D eigenvalue weighted by Crippen LogP contribution is -2.21. The van der Waals surface area contributed by atoms with E-state index in [1.54, 1.807) is 17.7 Å². The van der Waals surface area contributed by atoms with Crippen LogP contribution in [-0.2, 0) is 0 Å². The summed E-state index contributed by atoms with van der Waals surface area (Å²) < 4.78 is 1.18. The molecule has 20 heavy (non-hydrogen) atoms. The first kappa shape index (κ1) is 10.6. The third-order valence-electron chi connectivity index (χ3n) is 4.02. The van der Waals surface area contributed by atoms with Crippen molar-refractivity contribution in [3.8, 4) is 0 Å². The van der Waals surface area contributed by atoms with Gasteiger partial charge in [0.1, 0.15) is 22.7 Å². The van der Waals surface area contributed by atoms with Crippen molar-refractivity contribution < 1.29 is 0 Å². The normalized spacial score (nSPS) is 21.7. The molecule has 1 aromatic heterocycles. The van der Waals surface area contributed by atoms with Gasteiger partial charge in [0, 0.05) is 6.21 Å². The minimum Gasteiger partial charge on any atom is -0.255 e. The average molecular weight is 278 g/mol. The summed E-state index contributed by atoms with van der Waals surface area (Å²) in [5.41, 5.74) is 3.97. The largest absolute Gasteiger partial charge is 0.255 e. The van der Waals surface area contributed by atoms with Crippen LogP contribution < -0.4 is 0 Å². The molecule has 3 aliphatic rings. The number of benzene rings is 1. The zero-order valence-electron chi connectivity index (χ0n) is 10.6. The summed E-state index contributed by atoms with van der Waals surface area (Å²) in [7, 11) is 0. The SMILES string of the molecule is C1=NC2=C(c3nc4ccccc4s3)N=CC3(CC3)C2=N1. The summed E-state index contributed by atoms with van der Waals surface area (Å²) in [6.45, 7) is 0. The van der Waals surface area contributed by atoms with Crippen LogP contribution in [0, 0.1) is 5.41 Å². The van der Waals surface area contributed by atoms with Gasteiger partial charge in [-0.25, -0.2) is 15.0 Å². The van der Waals surface area contributed by atoms with E-state index in [-0.39, 0.29) is 5.41 Å². The number of thiazole rings is 1. The van der Waals surface area contributed by atoms with E-state index < -0.39 is 0 Å². The zero-order valence-corrected chi connectivity index (χ0v) is 11.4. The minimum atomic E-state index is 0.0754. The number of aromatic nitrogens is 1. The summed E-state index contributed by atoms with van der Waals surface area (Å²) in [5, 5.41) is 0.930. The second-order valence-corrected chi connectivity index (χ2v) is 6.35. The Balaban J connectivity index is 1.72. The number of nitrogens with zero attached hydrogens (tertiary/aromatic N) is 4. The molecule has 0 bridgehead atoms. The molecule has 2 aromatic rings. The lowest BCUT2D eigenvalue weighted by molar-refractivity contribution is 0.999. The molecule has 3 heterocycles. The van der Waals surface area contributed by atoms with Crippen LogP contribution in [-0.4, -0.2) is 23.2 Å². The molecule has 96 valence electrons. The van der Waals surface area contributed by atoms with E-state index in [1.165, 1.54) is 4.70 Å². The maximum absolute atomic E-state index is 4.68. The summed E-state index contributed by atoms with van der Waals surface area (Å²) in [5.74, 6) is 0. The molecule has 0 unspecified atom stereocenters. The van der Waals surface area contributed by atoms with Crippen LogP contribution in [0.15, 0.2) is 44.9 Å². The summed E-state index contributed by atoms with van der Waals surface area (Å²) in [6.07, 6.45) is 5.96. The number of aliphatic imine (C=N–C) groups is 3. The molecule has 4 nitrogen and oxygen atoms in total. The predicted octanol–water partition coefficient (Wildman–Crippen LogP) is 3.31. The van der Waals surface area contributed by atoms with Crippen LogP contribution in [0.4, 0.5) is 0 Å². The molecule has 0 N–H and O–H groups in total. The van der Waals surface area contributed by atoms with E-state index >= 15 is 0 Å². The molecule has 0 radical (unpaired) electrons. The lowest BCUT2D eigenvalue weighted by Gasteiger charge is -2.16. The van der Waals surface area contributed by atoms with Crippen molar-refractivity contribution in [1.29, 1.82) is 0 Å². The first-order valence-electron chi connectivity index (χ1n) is 6.62. The van der Waals surface area contributed by atoms with Crippen LogP contribution in [0.5, 0.6) is 0 Å². The van der Waals surface area contributed by atoms with E-state index in [4.69, 9.17) is 0 Å². The standard InChI is InChI=1S/C15H10N4S/c1-2-4-10-9(3-1)19-14(20-10)12-11-13(18-8-17-11)15(5-6-15)7-16-12/h1-4,7-8H,5-6H2. The Hall–Kier alpha value is -2.14. The minimum absolute atomic E-state index is 0.0754. The molecule has 0 amide bonds. The second-order valence-electron chi connectivity index (χ2n) is 5.32.